The van der Waals surface area contributed by atoms with Crippen molar-refractivity contribution in [2.24, 2.45) is 5.92 Å². The van der Waals surface area contributed by atoms with Crippen LogP contribution in [0.3, 0.4) is 0 Å². The van der Waals surface area contributed by atoms with Gasteiger partial charge in [0.1, 0.15) is 0 Å². The van der Waals surface area contributed by atoms with E-state index < -0.39 is 0 Å². The van der Waals surface area contributed by atoms with E-state index in [1.54, 1.807) is 0 Å². The molecule has 0 radical (unpaired) electrons. The molecule has 3 nitrogen and oxygen atoms in total. The number of hydrogen-bond acceptors (Lipinski definition) is 3. The Morgan fingerprint density at radius 3 is 2.86 bits per heavy atom. The molecule has 1 N–H and O–H groups in total. The smallest absolute Gasteiger partial charge is 0.231 e. The van der Waals surface area contributed by atoms with Crippen LogP contribution < -0.4 is 9.47 Å². The largest absolute Gasteiger partial charge is 0.454 e. The van der Waals surface area contributed by atoms with E-state index >= 15 is 0 Å². The van der Waals surface area contributed by atoms with Crippen molar-refractivity contribution in [3.8, 4) is 11.5 Å². The molecule has 21 heavy (non-hydrogen) atoms. The second-order valence-electron chi connectivity index (χ2n) is 5.83. The second-order valence-corrected chi connectivity index (χ2v) is 5.83. The lowest BCUT2D eigenvalue weighted by Gasteiger charge is -2.30. The molecular formula is C18H18O3. The van der Waals surface area contributed by atoms with E-state index in [9.17, 15) is 5.11 Å². The third-order valence-electron chi connectivity index (χ3n) is 4.54. The first-order valence-corrected chi connectivity index (χ1v) is 7.45. The van der Waals surface area contributed by atoms with E-state index in [0.29, 0.717) is 6.79 Å². The summed E-state index contributed by atoms with van der Waals surface area (Å²) in [6.45, 7) is 0.304. The minimum absolute atomic E-state index is 0.264. The van der Waals surface area contributed by atoms with E-state index in [-0.39, 0.29) is 12.0 Å². The standard InChI is InChI=1S/C18H18O3/c19-18-14(7-6-13-3-1-2-4-15(13)18)9-12-5-8-16-17(10-12)21-11-20-16/h1-5,8,10,14,18-19H,6-7,9,11H2. The average Bonchev–Trinajstić information content (AvgIpc) is 2.98. The quantitative estimate of drug-likeness (QED) is 0.919. The van der Waals surface area contributed by atoms with E-state index in [2.05, 4.69) is 12.1 Å². The Labute approximate surface area is 124 Å². The van der Waals surface area contributed by atoms with Crippen LogP contribution in [0.5, 0.6) is 11.5 Å². The lowest BCUT2D eigenvalue weighted by molar-refractivity contribution is 0.0936. The fourth-order valence-corrected chi connectivity index (χ4v) is 3.39. The fourth-order valence-electron chi connectivity index (χ4n) is 3.39. The minimum atomic E-state index is -0.375. The molecule has 0 fully saturated rings. The van der Waals surface area contributed by atoms with Crippen molar-refractivity contribution in [1.82, 2.24) is 0 Å². The summed E-state index contributed by atoms with van der Waals surface area (Å²) in [4.78, 5) is 0. The van der Waals surface area contributed by atoms with Gasteiger partial charge in [0.25, 0.3) is 0 Å². The highest BCUT2D eigenvalue weighted by atomic mass is 16.7. The van der Waals surface area contributed by atoms with Crippen LogP contribution in [0, 0.1) is 5.92 Å². The van der Waals surface area contributed by atoms with Crippen LogP contribution >= 0.6 is 0 Å². The van der Waals surface area contributed by atoms with Gasteiger partial charge in [0.15, 0.2) is 11.5 Å². The van der Waals surface area contributed by atoms with Crippen molar-refractivity contribution in [3.05, 3.63) is 59.2 Å². The van der Waals surface area contributed by atoms with Crippen molar-refractivity contribution >= 4 is 0 Å². The lowest BCUT2D eigenvalue weighted by atomic mass is 9.78. The number of aliphatic hydroxyl groups excluding tert-OH is 1. The van der Waals surface area contributed by atoms with Crippen molar-refractivity contribution in [2.45, 2.75) is 25.4 Å². The number of benzene rings is 2. The summed E-state index contributed by atoms with van der Waals surface area (Å²) in [5.41, 5.74) is 3.57. The lowest BCUT2D eigenvalue weighted by Crippen LogP contribution is -2.22. The molecule has 2 aromatic rings. The number of fused-ring (bicyclic) bond motifs is 2. The average molecular weight is 282 g/mol. The van der Waals surface area contributed by atoms with Crippen LogP contribution in [0.25, 0.3) is 0 Å². The summed E-state index contributed by atoms with van der Waals surface area (Å²) in [5.74, 6) is 1.90. The van der Waals surface area contributed by atoms with Gasteiger partial charge >= 0.3 is 0 Å². The highest BCUT2D eigenvalue weighted by molar-refractivity contribution is 5.44. The Balaban J connectivity index is 1.56. The molecule has 1 aliphatic carbocycles. The molecule has 108 valence electrons. The molecule has 0 amide bonds. The maximum Gasteiger partial charge on any atom is 0.231 e. The van der Waals surface area contributed by atoms with Crippen molar-refractivity contribution in [1.29, 1.82) is 0 Å². The zero-order valence-corrected chi connectivity index (χ0v) is 11.8. The SMILES string of the molecule is OC1c2ccccc2CCC1Cc1ccc2c(c1)OCO2. The Bertz CT molecular complexity index is 665. The summed E-state index contributed by atoms with van der Waals surface area (Å²) in [5, 5.41) is 10.6. The van der Waals surface area contributed by atoms with Crippen LogP contribution in [0.4, 0.5) is 0 Å². The van der Waals surface area contributed by atoms with Crippen molar-refractivity contribution in [3.63, 3.8) is 0 Å². The zero-order valence-electron chi connectivity index (χ0n) is 11.8. The summed E-state index contributed by atoms with van der Waals surface area (Å²) < 4.78 is 10.8. The summed E-state index contributed by atoms with van der Waals surface area (Å²) in [6.07, 6.45) is 2.56. The monoisotopic (exact) mass is 282 g/mol. The molecule has 0 spiro atoms. The molecule has 1 heterocycles. The first-order valence-electron chi connectivity index (χ1n) is 7.45. The van der Waals surface area contributed by atoms with E-state index in [4.69, 9.17) is 9.47 Å². The third-order valence-corrected chi connectivity index (χ3v) is 4.54. The maximum absolute atomic E-state index is 10.6. The molecule has 0 bridgehead atoms. The summed E-state index contributed by atoms with van der Waals surface area (Å²) in [7, 11) is 0. The highest BCUT2D eigenvalue weighted by Crippen LogP contribution is 2.38. The second kappa shape index (κ2) is 5.08. The Morgan fingerprint density at radius 1 is 1.05 bits per heavy atom. The normalized spacial score (nSPS) is 22.9. The van der Waals surface area contributed by atoms with Gasteiger partial charge in [0, 0.05) is 0 Å². The predicted octanol–water partition coefficient (Wildman–Crippen LogP) is 3.25. The van der Waals surface area contributed by atoms with E-state index in [0.717, 1.165) is 36.3 Å². The van der Waals surface area contributed by atoms with Gasteiger partial charge in [0.05, 0.1) is 6.10 Å². The van der Waals surface area contributed by atoms with E-state index in [1.165, 1.54) is 11.1 Å². The third kappa shape index (κ3) is 2.28. The minimum Gasteiger partial charge on any atom is -0.454 e. The summed E-state index contributed by atoms with van der Waals surface area (Å²) in [6, 6.07) is 14.3. The van der Waals surface area contributed by atoms with Gasteiger partial charge in [0.2, 0.25) is 6.79 Å². The molecular weight excluding hydrogens is 264 g/mol. The Hall–Kier alpha value is -2.00. The Morgan fingerprint density at radius 2 is 1.90 bits per heavy atom. The number of aliphatic hydroxyl groups is 1. The maximum atomic E-state index is 10.6. The predicted molar refractivity (Wildman–Crippen MR) is 79.5 cm³/mol. The van der Waals surface area contributed by atoms with Gasteiger partial charge in [-0.2, -0.15) is 0 Å². The summed E-state index contributed by atoms with van der Waals surface area (Å²) >= 11 is 0. The molecule has 2 atom stereocenters. The molecule has 4 rings (SSSR count). The number of rotatable bonds is 2. The molecule has 2 aromatic carbocycles. The number of aryl methyl sites for hydroxylation is 1. The molecule has 2 unspecified atom stereocenters. The molecule has 0 saturated heterocycles. The molecule has 3 heteroatoms. The molecule has 0 aromatic heterocycles. The van der Waals surface area contributed by atoms with Crippen molar-refractivity contribution < 1.29 is 14.6 Å². The zero-order chi connectivity index (χ0) is 14.2. The highest BCUT2D eigenvalue weighted by Gasteiger charge is 2.28. The van der Waals surface area contributed by atoms with Crippen LogP contribution in [-0.2, 0) is 12.8 Å². The molecule has 1 aliphatic heterocycles. The van der Waals surface area contributed by atoms with Gasteiger partial charge in [-0.1, -0.05) is 30.3 Å². The van der Waals surface area contributed by atoms with Crippen LogP contribution in [0.2, 0.25) is 0 Å². The van der Waals surface area contributed by atoms with Crippen LogP contribution in [0.15, 0.2) is 42.5 Å². The molecule has 0 saturated carbocycles. The van der Waals surface area contributed by atoms with Gasteiger partial charge in [-0.05, 0) is 54.0 Å². The van der Waals surface area contributed by atoms with Gasteiger partial charge in [-0.3, -0.25) is 0 Å². The number of ether oxygens (including phenoxy) is 2. The molecule has 2 aliphatic rings. The number of hydrogen-bond donors (Lipinski definition) is 1. The van der Waals surface area contributed by atoms with Gasteiger partial charge < -0.3 is 14.6 Å². The van der Waals surface area contributed by atoms with Crippen molar-refractivity contribution in [2.75, 3.05) is 6.79 Å². The topological polar surface area (TPSA) is 38.7 Å². The van der Waals surface area contributed by atoms with Gasteiger partial charge in [-0.15, -0.1) is 0 Å². The first-order chi connectivity index (χ1) is 10.3. The van der Waals surface area contributed by atoms with Crippen LogP contribution in [0.1, 0.15) is 29.2 Å². The first kappa shape index (κ1) is 12.7. The fraction of sp³-hybridized carbons (Fsp3) is 0.333. The van der Waals surface area contributed by atoms with Crippen LogP contribution in [-0.4, -0.2) is 11.9 Å². The van der Waals surface area contributed by atoms with E-state index in [1.807, 2.05) is 30.3 Å². The van der Waals surface area contributed by atoms with Gasteiger partial charge in [-0.25, -0.2) is 0 Å². The Kier molecular flexibility index (Phi) is 3.08.